The lowest BCUT2D eigenvalue weighted by atomic mass is 9.76. The number of allylic oxidation sites excluding steroid dienone is 2. The van der Waals surface area contributed by atoms with Crippen molar-refractivity contribution in [3.63, 3.8) is 0 Å². The van der Waals surface area contributed by atoms with E-state index in [-0.39, 0.29) is 11.5 Å². The molecule has 20 heavy (non-hydrogen) atoms. The van der Waals surface area contributed by atoms with Gasteiger partial charge < -0.3 is 5.73 Å². The normalized spacial score (nSPS) is 26.4. The smallest absolute Gasteiger partial charge is 0.247 e. The fourth-order valence-corrected chi connectivity index (χ4v) is 2.66. The number of nitrogens with one attached hydrogen (secondary N) is 1. The molecule has 2 atom stereocenters. The highest BCUT2D eigenvalue weighted by atomic mass is 15.0. The number of para-hydroxylation sites is 2. The zero-order chi connectivity index (χ0) is 14.2. The van der Waals surface area contributed by atoms with Gasteiger partial charge >= 0.3 is 0 Å². The largest absolute Gasteiger partial charge is 0.323 e. The van der Waals surface area contributed by atoms with Crippen molar-refractivity contribution in [2.75, 3.05) is 0 Å². The van der Waals surface area contributed by atoms with Gasteiger partial charge in [0.2, 0.25) is 6.33 Å². The van der Waals surface area contributed by atoms with E-state index >= 15 is 0 Å². The van der Waals surface area contributed by atoms with E-state index in [1.807, 2.05) is 18.5 Å². The molecule has 1 aromatic heterocycles. The van der Waals surface area contributed by atoms with Crippen LogP contribution in [0.5, 0.6) is 0 Å². The van der Waals surface area contributed by atoms with Crippen LogP contribution in [0.1, 0.15) is 13.8 Å². The Balaban J connectivity index is 1.95. The van der Waals surface area contributed by atoms with Crippen LogP contribution in [-0.4, -0.2) is 11.0 Å². The van der Waals surface area contributed by atoms with E-state index in [0.29, 0.717) is 0 Å². The Labute approximate surface area is 119 Å². The second-order valence-electron chi connectivity index (χ2n) is 5.63. The third kappa shape index (κ3) is 2.10. The van der Waals surface area contributed by atoms with Gasteiger partial charge in [-0.05, 0) is 25.1 Å². The Morgan fingerprint density at radius 2 is 2.15 bits per heavy atom. The quantitative estimate of drug-likeness (QED) is 0.807. The second-order valence-corrected chi connectivity index (χ2v) is 5.63. The van der Waals surface area contributed by atoms with Crippen molar-refractivity contribution < 1.29 is 4.57 Å². The fraction of sp³-hybridized carbons (Fsp3) is 0.235. The number of nitrogens with two attached hydrogens (primary N) is 1. The van der Waals surface area contributed by atoms with Crippen LogP contribution in [0.15, 0.2) is 60.5 Å². The average Bonchev–Trinajstić information content (AvgIpc) is 2.86. The van der Waals surface area contributed by atoms with E-state index in [0.717, 1.165) is 11.0 Å². The summed E-state index contributed by atoms with van der Waals surface area (Å²) in [5.41, 5.74) is 9.67. The Hall–Kier alpha value is -2.13. The van der Waals surface area contributed by atoms with Crippen LogP contribution in [-0.2, 0) is 0 Å². The summed E-state index contributed by atoms with van der Waals surface area (Å²) < 4.78 is 2.09. The number of imidazole rings is 1. The summed E-state index contributed by atoms with van der Waals surface area (Å²) in [7, 11) is 0. The Morgan fingerprint density at radius 1 is 1.35 bits per heavy atom. The monoisotopic (exact) mass is 266 g/mol. The van der Waals surface area contributed by atoms with Gasteiger partial charge in [0, 0.05) is 11.5 Å². The molecule has 3 N–H and O–H groups in total. The van der Waals surface area contributed by atoms with Gasteiger partial charge in [0.25, 0.3) is 0 Å². The van der Waals surface area contributed by atoms with Gasteiger partial charge in [-0.25, -0.2) is 9.55 Å². The first kappa shape index (κ1) is 12.9. The molecule has 0 aliphatic heterocycles. The van der Waals surface area contributed by atoms with Crippen molar-refractivity contribution >= 4 is 17.2 Å². The number of aromatic amines is 1. The molecule has 2 aromatic rings. The summed E-state index contributed by atoms with van der Waals surface area (Å²) in [5, 5.41) is 0. The highest BCUT2D eigenvalue weighted by molar-refractivity contribution is 5.71. The zero-order valence-electron chi connectivity index (χ0n) is 11.9. The Bertz CT molecular complexity index is 721. The third-order valence-corrected chi connectivity index (χ3v) is 4.11. The first-order valence-corrected chi connectivity index (χ1v) is 6.88. The molecule has 1 heterocycles. The van der Waals surface area contributed by atoms with Crippen molar-refractivity contribution in [2.24, 2.45) is 11.1 Å². The van der Waals surface area contributed by atoms with Gasteiger partial charge in [0.15, 0.2) is 11.0 Å². The lowest BCUT2D eigenvalue weighted by molar-refractivity contribution is -0.539. The first-order chi connectivity index (χ1) is 9.60. The van der Waals surface area contributed by atoms with E-state index in [1.54, 1.807) is 0 Å². The predicted molar refractivity (Wildman–Crippen MR) is 82.8 cm³/mol. The van der Waals surface area contributed by atoms with E-state index in [1.165, 1.54) is 5.57 Å². The molecule has 1 aliphatic carbocycles. The molecular formula is C17H20N3+. The highest BCUT2D eigenvalue weighted by Crippen LogP contribution is 2.31. The molecule has 3 nitrogen and oxygen atoms in total. The number of rotatable bonds is 2. The summed E-state index contributed by atoms with van der Waals surface area (Å²) in [6.07, 6.45) is 12.6. The predicted octanol–water partition coefficient (Wildman–Crippen LogP) is 2.78. The average molecular weight is 266 g/mol. The number of aromatic nitrogens is 2. The summed E-state index contributed by atoms with van der Waals surface area (Å²) in [4.78, 5) is 3.26. The number of nitrogens with zero attached hydrogens (tertiary/aromatic N) is 1. The van der Waals surface area contributed by atoms with Crippen molar-refractivity contribution in [1.29, 1.82) is 0 Å². The maximum absolute atomic E-state index is 6.32. The lowest BCUT2D eigenvalue weighted by Crippen LogP contribution is -2.39. The topological polar surface area (TPSA) is 45.7 Å². The molecule has 0 saturated heterocycles. The van der Waals surface area contributed by atoms with Crippen LogP contribution in [0.25, 0.3) is 17.2 Å². The maximum Gasteiger partial charge on any atom is 0.247 e. The molecule has 102 valence electrons. The molecule has 0 amide bonds. The van der Waals surface area contributed by atoms with Crippen molar-refractivity contribution in [3.05, 3.63) is 60.5 Å². The number of fused-ring (bicyclic) bond motifs is 1. The van der Waals surface area contributed by atoms with Crippen LogP contribution >= 0.6 is 0 Å². The minimum absolute atomic E-state index is 0.0227. The fourth-order valence-electron chi connectivity index (χ4n) is 2.66. The molecule has 2 unspecified atom stereocenters. The van der Waals surface area contributed by atoms with Gasteiger partial charge in [-0.2, -0.15) is 0 Å². The Morgan fingerprint density at radius 3 is 3.00 bits per heavy atom. The van der Waals surface area contributed by atoms with Crippen molar-refractivity contribution in [3.8, 4) is 0 Å². The molecule has 3 heteroatoms. The number of hydrogen-bond donors (Lipinski definition) is 2. The van der Waals surface area contributed by atoms with E-state index < -0.39 is 0 Å². The van der Waals surface area contributed by atoms with Crippen LogP contribution in [0.3, 0.4) is 0 Å². The van der Waals surface area contributed by atoms with Crippen LogP contribution in [0, 0.1) is 5.41 Å². The SMILES string of the molecule is CC1=CC=CC(C)(C=C[n+]2c[nH]c3ccccc32)C1N. The van der Waals surface area contributed by atoms with E-state index in [9.17, 15) is 0 Å². The number of hydrogen-bond acceptors (Lipinski definition) is 1. The van der Waals surface area contributed by atoms with Crippen LogP contribution in [0.2, 0.25) is 0 Å². The van der Waals surface area contributed by atoms with Crippen molar-refractivity contribution in [1.82, 2.24) is 4.98 Å². The minimum atomic E-state index is -0.149. The van der Waals surface area contributed by atoms with Gasteiger partial charge in [-0.15, -0.1) is 0 Å². The molecule has 0 bridgehead atoms. The highest BCUT2D eigenvalue weighted by Gasteiger charge is 2.29. The summed E-state index contributed by atoms with van der Waals surface area (Å²) in [6.45, 7) is 4.25. The van der Waals surface area contributed by atoms with Gasteiger partial charge in [0.1, 0.15) is 0 Å². The van der Waals surface area contributed by atoms with E-state index in [2.05, 4.69) is 66.0 Å². The molecule has 3 rings (SSSR count). The minimum Gasteiger partial charge on any atom is -0.323 e. The summed E-state index contributed by atoms with van der Waals surface area (Å²) in [5.74, 6) is 0. The molecule has 1 aromatic carbocycles. The van der Waals surface area contributed by atoms with Gasteiger partial charge in [-0.3, -0.25) is 0 Å². The first-order valence-electron chi connectivity index (χ1n) is 6.88. The third-order valence-electron chi connectivity index (χ3n) is 4.11. The second kappa shape index (κ2) is 4.76. The zero-order valence-corrected chi connectivity index (χ0v) is 11.9. The molecule has 0 fully saturated rings. The standard InChI is InChI=1S/C17H19N3/c1-13-6-5-9-17(2,16(13)18)10-11-20-12-19-14-7-3-4-8-15(14)20/h3-12,16H,18H2,1-2H3/p+1. The molecule has 0 spiro atoms. The van der Waals surface area contributed by atoms with Crippen LogP contribution < -0.4 is 10.3 Å². The van der Waals surface area contributed by atoms with Gasteiger partial charge in [-0.1, -0.05) is 42.9 Å². The van der Waals surface area contributed by atoms with Gasteiger partial charge in [0.05, 0.1) is 6.20 Å². The number of benzene rings is 1. The van der Waals surface area contributed by atoms with Crippen molar-refractivity contribution in [2.45, 2.75) is 19.9 Å². The summed E-state index contributed by atoms with van der Waals surface area (Å²) in [6, 6.07) is 8.26. The maximum atomic E-state index is 6.32. The molecule has 0 radical (unpaired) electrons. The molecular weight excluding hydrogens is 246 g/mol. The Kier molecular flexibility index (Phi) is 3.07. The molecule has 0 saturated carbocycles. The number of H-pyrrole nitrogens is 1. The summed E-state index contributed by atoms with van der Waals surface area (Å²) >= 11 is 0. The molecule has 1 aliphatic rings. The van der Waals surface area contributed by atoms with Crippen LogP contribution in [0.4, 0.5) is 0 Å². The van der Waals surface area contributed by atoms with E-state index in [4.69, 9.17) is 5.73 Å². The lowest BCUT2D eigenvalue weighted by Gasteiger charge is -2.32.